The SMILES string of the molecule is CC(C)(C)c1cc2ccc3c4cc(c5ccc(c1)c2c35)N(c1ccccc1-c1ccccc1)c1cccc(c1)S(C)(C)c1cccc(c1)N4c1ccccc1-c1ccccc1. The molecule has 0 aliphatic carbocycles. The molecule has 0 unspecified atom stereocenters. The van der Waals surface area contributed by atoms with E-state index in [-0.39, 0.29) is 5.41 Å². The zero-order chi connectivity index (χ0) is 41.5. The van der Waals surface area contributed by atoms with Gasteiger partial charge < -0.3 is 9.80 Å². The van der Waals surface area contributed by atoms with Crippen molar-refractivity contribution in [3.05, 3.63) is 206 Å². The van der Waals surface area contributed by atoms with Crippen LogP contribution < -0.4 is 9.80 Å². The normalized spacial score (nSPS) is 14.2. The summed E-state index contributed by atoms with van der Waals surface area (Å²) >= 11 is 0. The predicted octanol–water partition coefficient (Wildman–Crippen LogP) is 17.0. The maximum Gasteiger partial charge on any atom is 0.0561 e. The van der Waals surface area contributed by atoms with E-state index in [1.165, 1.54) is 69.9 Å². The van der Waals surface area contributed by atoms with Crippen LogP contribution in [0.2, 0.25) is 0 Å². The molecule has 0 aromatic heterocycles. The Bertz CT molecular complexity index is 3070. The highest BCUT2D eigenvalue weighted by Gasteiger charge is 2.30. The molecule has 1 aliphatic rings. The van der Waals surface area contributed by atoms with E-state index in [1.807, 2.05) is 0 Å². The summed E-state index contributed by atoms with van der Waals surface area (Å²) in [6.07, 6.45) is 4.89. The summed E-state index contributed by atoms with van der Waals surface area (Å²) in [4.78, 5) is 7.78. The Morgan fingerprint density at radius 3 is 1.28 bits per heavy atom. The minimum absolute atomic E-state index is 0.0101. The van der Waals surface area contributed by atoms with Gasteiger partial charge in [0.2, 0.25) is 0 Å². The van der Waals surface area contributed by atoms with Crippen LogP contribution in [0.25, 0.3) is 54.6 Å². The van der Waals surface area contributed by atoms with Gasteiger partial charge in [-0.1, -0.05) is 166 Å². The van der Waals surface area contributed by atoms with Gasteiger partial charge >= 0.3 is 0 Å². The highest BCUT2D eigenvalue weighted by atomic mass is 32.3. The molecule has 0 atom stereocenters. The lowest BCUT2D eigenvalue weighted by atomic mass is 9.83. The third-order valence-electron chi connectivity index (χ3n) is 12.8. The van der Waals surface area contributed by atoms with Gasteiger partial charge in [-0.3, -0.25) is 0 Å². The maximum absolute atomic E-state index is 2.55. The highest BCUT2D eigenvalue weighted by Crippen LogP contribution is 2.60. The first kappa shape index (κ1) is 37.2. The molecule has 10 aromatic carbocycles. The lowest BCUT2D eigenvalue weighted by Gasteiger charge is -2.38. The fraction of sp³-hybridized carbons (Fsp3) is 0.103. The van der Waals surface area contributed by atoms with Crippen molar-refractivity contribution in [2.45, 2.75) is 36.0 Å². The van der Waals surface area contributed by atoms with E-state index >= 15 is 0 Å². The second-order valence-corrected chi connectivity index (χ2v) is 21.4. The summed E-state index contributed by atoms with van der Waals surface area (Å²) in [6, 6.07) is 75.1. The zero-order valence-corrected chi connectivity index (χ0v) is 36.2. The van der Waals surface area contributed by atoms with Crippen LogP contribution in [-0.4, -0.2) is 12.5 Å². The lowest BCUT2D eigenvalue weighted by Crippen LogP contribution is -2.17. The van der Waals surface area contributed by atoms with E-state index in [0.29, 0.717) is 0 Å². The van der Waals surface area contributed by atoms with Crippen LogP contribution in [0.15, 0.2) is 210 Å². The van der Waals surface area contributed by atoms with Crippen molar-refractivity contribution in [1.82, 2.24) is 0 Å². The van der Waals surface area contributed by atoms with Crippen LogP contribution in [0.5, 0.6) is 0 Å². The second-order valence-electron chi connectivity index (χ2n) is 17.8. The molecule has 0 amide bonds. The minimum atomic E-state index is -1.47. The molecule has 1 aliphatic heterocycles. The third-order valence-corrected chi connectivity index (χ3v) is 15.7. The quantitative estimate of drug-likeness (QED) is 0.164. The van der Waals surface area contributed by atoms with Crippen molar-refractivity contribution < 1.29 is 0 Å². The molecule has 11 rings (SSSR count). The molecule has 10 aromatic rings. The summed E-state index contributed by atoms with van der Waals surface area (Å²) < 4.78 is 0. The summed E-state index contributed by atoms with van der Waals surface area (Å²) in [6.45, 7) is 6.94. The van der Waals surface area contributed by atoms with Crippen LogP contribution in [0.3, 0.4) is 0 Å². The van der Waals surface area contributed by atoms with Gasteiger partial charge in [0, 0.05) is 38.7 Å². The topological polar surface area (TPSA) is 6.48 Å². The number of fused-ring (bicyclic) bond motifs is 8. The van der Waals surface area contributed by atoms with Gasteiger partial charge in [0.05, 0.1) is 22.7 Å². The first-order valence-electron chi connectivity index (χ1n) is 21.2. The maximum atomic E-state index is 2.55. The van der Waals surface area contributed by atoms with Crippen molar-refractivity contribution in [3.63, 3.8) is 0 Å². The Morgan fingerprint density at radius 2 is 0.820 bits per heavy atom. The summed E-state index contributed by atoms with van der Waals surface area (Å²) in [7, 11) is -1.47. The minimum Gasteiger partial charge on any atom is -0.309 e. The number of benzene rings is 10. The van der Waals surface area contributed by atoms with E-state index in [2.05, 4.69) is 243 Å². The Kier molecular flexibility index (Phi) is 8.63. The van der Waals surface area contributed by atoms with Crippen LogP contribution in [-0.2, 0) is 5.41 Å². The standard InChI is InChI=1S/C58H48N2S/c1-58(2,3)43-34-41-30-32-50-54-38-55(51-33-31-42(35-43)56(41)57(50)51)60(53-29-15-13-27-49(53)40-20-10-7-11-21-40)45-23-17-25-47(37-45)61(4,5)46-24-16-22-44(36-46)59(54)52-28-14-12-26-48(52)39-18-8-6-9-19-39/h6-38H,1-5H3. The van der Waals surface area contributed by atoms with Gasteiger partial charge in [-0.15, -0.1) is 0 Å². The second kappa shape index (κ2) is 14.1. The summed E-state index contributed by atoms with van der Waals surface area (Å²) in [5.41, 5.74) is 13.0. The fourth-order valence-corrected chi connectivity index (χ4v) is 11.5. The van der Waals surface area contributed by atoms with Gasteiger partial charge in [0.1, 0.15) is 0 Å². The van der Waals surface area contributed by atoms with Crippen molar-refractivity contribution >= 4 is 76.5 Å². The molecule has 0 N–H and O–H groups in total. The van der Waals surface area contributed by atoms with Crippen molar-refractivity contribution in [3.8, 4) is 22.3 Å². The van der Waals surface area contributed by atoms with E-state index in [9.17, 15) is 0 Å². The molecule has 6 bridgehead atoms. The molecule has 1 heterocycles. The third kappa shape index (κ3) is 6.10. The highest BCUT2D eigenvalue weighted by molar-refractivity contribution is 8.32. The number of rotatable bonds is 4. The average molecular weight is 805 g/mol. The van der Waals surface area contributed by atoms with Gasteiger partial charge in [-0.05, 0) is 115 Å². The van der Waals surface area contributed by atoms with Gasteiger partial charge in [-0.2, -0.15) is 10.0 Å². The molecule has 0 saturated carbocycles. The van der Waals surface area contributed by atoms with Gasteiger partial charge in [0.25, 0.3) is 0 Å². The van der Waals surface area contributed by atoms with E-state index in [1.54, 1.807) is 0 Å². The number of nitrogens with zero attached hydrogens (tertiary/aromatic N) is 2. The number of hydrogen-bond acceptors (Lipinski definition) is 2. The predicted molar refractivity (Wildman–Crippen MR) is 265 cm³/mol. The van der Waals surface area contributed by atoms with Crippen molar-refractivity contribution in [2.75, 3.05) is 22.3 Å². The molecule has 0 saturated heterocycles. The number of anilines is 6. The average Bonchev–Trinajstić information content (AvgIpc) is 3.29. The van der Waals surface area contributed by atoms with E-state index in [0.717, 1.165) is 34.1 Å². The largest absolute Gasteiger partial charge is 0.309 e. The van der Waals surface area contributed by atoms with Crippen molar-refractivity contribution in [1.29, 1.82) is 0 Å². The molecule has 2 nitrogen and oxygen atoms in total. The number of hydrogen-bond donors (Lipinski definition) is 0. The Balaban J connectivity index is 1.34. The van der Waals surface area contributed by atoms with E-state index < -0.39 is 10.0 Å². The lowest BCUT2D eigenvalue weighted by molar-refractivity contribution is 0.591. The van der Waals surface area contributed by atoms with Crippen LogP contribution in [0.1, 0.15) is 26.3 Å². The smallest absolute Gasteiger partial charge is 0.0561 e. The van der Waals surface area contributed by atoms with Gasteiger partial charge in [-0.25, -0.2) is 0 Å². The first-order valence-corrected chi connectivity index (χ1v) is 23.7. The molecular formula is C58H48N2S. The summed E-state index contributed by atoms with van der Waals surface area (Å²) in [5.74, 6) is 0. The molecule has 3 heteroatoms. The van der Waals surface area contributed by atoms with E-state index in [4.69, 9.17) is 0 Å². The van der Waals surface area contributed by atoms with Crippen LogP contribution in [0.4, 0.5) is 34.1 Å². The molecule has 61 heavy (non-hydrogen) atoms. The Hall–Kier alpha value is -6.81. The first-order chi connectivity index (χ1) is 29.6. The zero-order valence-electron chi connectivity index (χ0n) is 35.4. The monoisotopic (exact) mass is 804 g/mol. The molecule has 0 fully saturated rings. The molecule has 296 valence electrons. The Labute approximate surface area is 361 Å². The number of para-hydroxylation sites is 2. The Morgan fingerprint density at radius 1 is 0.377 bits per heavy atom. The van der Waals surface area contributed by atoms with Crippen LogP contribution in [0, 0.1) is 0 Å². The fourth-order valence-electron chi connectivity index (χ4n) is 9.57. The van der Waals surface area contributed by atoms with Crippen molar-refractivity contribution in [2.24, 2.45) is 0 Å². The molecule has 0 radical (unpaired) electrons. The van der Waals surface area contributed by atoms with Crippen LogP contribution >= 0.6 is 10.0 Å². The van der Waals surface area contributed by atoms with Gasteiger partial charge in [0.15, 0.2) is 0 Å². The molecule has 0 spiro atoms. The molecular weight excluding hydrogens is 757 g/mol. The summed E-state index contributed by atoms with van der Waals surface area (Å²) in [5, 5.41) is 7.57.